The number of hydrogen-bond donors (Lipinski definition) is 2. The second kappa shape index (κ2) is 4.36. The van der Waals surface area contributed by atoms with Crippen LogP contribution in [0.2, 0.25) is 0 Å². The van der Waals surface area contributed by atoms with Crippen molar-refractivity contribution in [1.29, 1.82) is 0 Å². The first kappa shape index (κ1) is 12.2. The van der Waals surface area contributed by atoms with Gasteiger partial charge in [0, 0.05) is 17.5 Å². The van der Waals surface area contributed by atoms with Crippen LogP contribution >= 0.6 is 0 Å². The van der Waals surface area contributed by atoms with Crippen molar-refractivity contribution in [3.05, 3.63) is 35.9 Å². The fraction of sp³-hybridized carbons (Fsp3) is 0.625. The molecule has 1 aromatic rings. The van der Waals surface area contributed by atoms with E-state index >= 15 is 0 Å². The van der Waals surface area contributed by atoms with E-state index in [0.717, 1.165) is 12.3 Å². The van der Waals surface area contributed by atoms with Gasteiger partial charge in [0.2, 0.25) is 0 Å². The number of benzene rings is 1. The highest BCUT2D eigenvalue weighted by Crippen LogP contribution is 2.43. The lowest BCUT2D eigenvalue weighted by molar-refractivity contribution is -0.0793. The van der Waals surface area contributed by atoms with E-state index in [4.69, 9.17) is 0 Å². The Bertz CT molecular complexity index is 408. The molecule has 2 unspecified atom stereocenters. The van der Waals surface area contributed by atoms with E-state index < -0.39 is 0 Å². The third-order valence-corrected chi connectivity index (χ3v) is 5.06. The van der Waals surface area contributed by atoms with Gasteiger partial charge in [-0.25, -0.2) is 0 Å². The molecule has 98 valence electrons. The van der Waals surface area contributed by atoms with Crippen LogP contribution in [0.15, 0.2) is 30.3 Å². The summed E-state index contributed by atoms with van der Waals surface area (Å²) in [5.41, 5.74) is 1.53. The lowest BCUT2D eigenvalue weighted by atomic mass is 9.63. The van der Waals surface area contributed by atoms with Crippen LogP contribution in [-0.4, -0.2) is 23.3 Å². The predicted molar refractivity (Wildman–Crippen MR) is 73.5 cm³/mol. The van der Waals surface area contributed by atoms with Gasteiger partial charge in [0.1, 0.15) is 0 Å². The molecule has 18 heavy (non-hydrogen) atoms. The van der Waals surface area contributed by atoms with Gasteiger partial charge in [-0.2, -0.15) is 0 Å². The van der Waals surface area contributed by atoms with Gasteiger partial charge >= 0.3 is 0 Å². The molecule has 0 heterocycles. The molecule has 0 bridgehead atoms. The topological polar surface area (TPSA) is 32.3 Å². The SMILES string of the molecule is CC1(C)C(O)CC1NC1CC(c2ccccc2)C1. The first-order valence-electron chi connectivity index (χ1n) is 7.06. The van der Waals surface area contributed by atoms with Crippen molar-refractivity contribution < 1.29 is 5.11 Å². The number of aliphatic hydroxyl groups excluding tert-OH is 1. The largest absolute Gasteiger partial charge is 0.392 e. The van der Waals surface area contributed by atoms with Crippen LogP contribution < -0.4 is 5.32 Å². The first-order chi connectivity index (χ1) is 8.57. The molecule has 0 radical (unpaired) electrons. The lowest BCUT2D eigenvalue weighted by Crippen LogP contribution is -2.63. The van der Waals surface area contributed by atoms with Gasteiger partial charge in [-0.3, -0.25) is 0 Å². The Balaban J connectivity index is 1.49. The molecular weight excluding hydrogens is 222 g/mol. The molecule has 2 heteroatoms. The lowest BCUT2D eigenvalue weighted by Gasteiger charge is -2.52. The first-order valence-corrected chi connectivity index (χ1v) is 7.06. The Morgan fingerprint density at radius 2 is 1.78 bits per heavy atom. The maximum atomic E-state index is 9.74. The summed E-state index contributed by atoms with van der Waals surface area (Å²) < 4.78 is 0. The van der Waals surface area contributed by atoms with Crippen molar-refractivity contribution in [1.82, 2.24) is 5.32 Å². The average molecular weight is 245 g/mol. The summed E-state index contributed by atoms with van der Waals surface area (Å²) in [6.45, 7) is 4.32. The van der Waals surface area contributed by atoms with E-state index in [2.05, 4.69) is 49.5 Å². The maximum absolute atomic E-state index is 9.74. The fourth-order valence-electron chi connectivity index (χ4n) is 3.22. The number of nitrogens with one attached hydrogen (secondary N) is 1. The summed E-state index contributed by atoms with van der Waals surface area (Å²) in [4.78, 5) is 0. The van der Waals surface area contributed by atoms with Crippen LogP contribution in [0.4, 0.5) is 0 Å². The van der Waals surface area contributed by atoms with E-state index in [-0.39, 0.29) is 11.5 Å². The molecule has 2 aliphatic rings. The smallest absolute Gasteiger partial charge is 0.0621 e. The molecule has 2 N–H and O–H groups in total. The molecule has 0 spiro atoms. The molecule has 2 saturated carbocycles. The molecule has 2 nitrogen and oxygen atoms in total. The quantitative estimate of drug-likeness (QED) is 0.858. The highest BCUT2D eigenvalue weighted by Gasteiger charge is 2.48. The summed E-state index contributed by atoms with van der Waals surface area (Å²) >= 11 is 0. The highest BCUT2D eigenvalue weighted by molar-refractivity contribution is 5.23. The minimum atomic E-state index is -0.125. The Morgan fingerprint density at radius 3 is 2.33 bits per heavy atom. The van der Waals surface area contributed by atoms with Crippen molar-refractivity contribution in [2.24, 2.45) is 5.41 Å². The van der Waals surface area contributed by atoms with Crippen molar-refractivity contribution in [2.45, 2.75) is 57.2 Å². The van der Waals surface area contributed by atoms with Crippen LogP contribution in [0, 0.1) is 5.41 Å². The minimum Gasteiger partial charge on any atom is -0.392 e. The number of hydrogen-bond acceptors (Lipinski definition) is 2. The van der Waals surface area contributed by atoms with Crippen molar-refractivity contribution in [2.75, 3.05) is 0 Å². The molecule has 2 atom stereocenters. The summed E-state index contributed by atoms with van der Waals surface area (Å²) in [5, 5.41) is 13.5. The van der Waals surface area contributed by atoms with Gasteiger partial charge in [0.15, 0.2) is 0 Å². The Kier molecular flexibility index (Phi) is 2.95. The van der Waals surface area contributed by atoms with E-state index in [0.29, 0.717) is 12.1 Å². The second-order valence-corrected chi connectivity index (χ2v) is 6.57. The standard InChI is InChI=1S/C16H23NO/c1-16(2)14(10-15(16)18)17-13-8-12(9-13)11-6-4-3-5-7-11/h3-7,12-15,17-18H,8-10H2,1-2H3. The van der Waals surface area contributed by atoms with Crippen LogP contribution in [0.1, 0.15) is 44.6 Å². The zero-order valence-electron chi connectivity index (χ0n) is 11.3. The monoisotopic (exact) mass is 245 g/mol. The Labute approximate surface area is 109 Å². The molecule has 3 rings (SSSR count). The van der Waals surface area contributed by atoms with Crippen LogP contribution in [0.25, 0.3) is 0 Å². The second-order valence-electron chi connectivity index (χ2n) is 6.57. The number of aliphatic hydroxyl groups is 1. The van der Waals surface area contributed by atoms with Crippen LogP contribution in [-0.2, 0) is 0 Å². The third-order valence-electron chi connectivity index (χ3n) is 5.06. The van der Waals surface area contributed by atoms with Crippen molar-refractivity contribution >= 4 is 0 Å². The zero-order valence-corrected chi connectivity index (χ0v) is 11.3. The van der Waals surface area contributed by atoms with Crippen LogP contribution in [0.3, 0.4) is 0 Å². The van der Waals surface area contributed by atoms with Gasteiger partial charge in [0.25, 0.3) is 0 Å². The molecule has 1 aromatic carbocycles. The van der Waals surface area contributed by atoms with E-state index in [9.17, 15) is 5.11 Å². The van der Waals surface area contributed by atoms with E-state index in [1.807, 2.05) is 0 Å². The Hall–Kier alpha value is -0.860. The molecule has 0 saturated heterocycles. The van der Waals surface area contributed by atoms with Crippen LogP contribution in [0.5, 0.6) is 0 Å². The molecule has 2 fully saturated rings. The van der Waals surface area contributed by atoms with Crippen molar-refractivity contribution in [3.8, 4) is 0 Å². The minimum absolute atomic E-state index is 0.0534. The van der Waals surface area contributed by atoms with Gasteiger partial charge in [-0.15, -0.1) is 0 Å². The van der Waals surface area contributed by atoms with Crippen molar-refractivity contribution in [3.63, 3.8) is 0 Å². The third kappa shape index (κ3) is 1.98. The summed E-state index contributed by atoms with van der Waals surface area (Å²) in [5.74, 6) is 0.733. The predicted octanol–water partition coefficient (Wildman–Crippen LogP) is 2.68. The van der Waals surface area contributed by atoms with Gasteiger partial charge in [0.05, 0.1) is 6.10 Å². The molecule has 0 aromatic heterocycles. The summed E-state index contributed by atoms with van der Waals surface area (Å²) in [6.07, 6.45) is 3.28. The molecule has 0 aliphatic heterocycles. The van der Waals surface area contributed by atoms with E-state index in [1.54, 1.807) is 0 Å². The fourth-order valence-corrected chi connectivity index (χ4v) is 3.22. The van der Waals surface area contributed by atoms with Gasteiger partial charge in [-0.05, 0) is 30.7 Å². The number of rotatable bonds is 3. The highest BCUT2D eigenvalue weighted by atomic mass is 16.3. The summed E-state index contributed by atoms with van der Waals surface area (Å²) in [6, 6.07) is 11.9. The van der Waals surface area contributed by atoms with Gasteiger partial charge in [-0.1, -0.05) is 44.2 Å². The normalized spacial score (nSPS) is 37.7. The Morgan fingerprint density at radius 1 is 1.11 bits per heavy atom. The maximum Gasteiger partial charge on any atom is 0.0621 e. The summed E-state index contributed by atoms with van der Waals surface area (Å²) in [7, 11) is 0. The van der Waals surface area contributed by atoms with E-state index in [1.165, 1.54) is 18.4 Å². The van der Waals surface area contributed by atoms with Gasteiger partial charge < -0.3 is 10.4 Å². The molecular formula is C16H23NO. The zero-order chi connectivity index (χ0) is 12.8. The molecule has 0 amide bonds. The average Bonchev–Trinajstić information content (AvgIpc) is 2.32. The molecule has 2 aliphatic carbocycles.